The van der Waals surface area contributed by atoms with Gasteiger partial charge < -0.3 is 4.18 Å². The normalized spacial score (nSPS) is 16.0. The van der Waals surface area contributed by atoms with Gasteiger partial charge in [-0.25, -0.2) is 12.8 Å². The molecule has 1 aliphatic heterocycles. The summed E-state index contributed by atoms with van der Waals surface area (Å²) in [5.74, 6) is -0.571. The van der Waals surface area contributed by atoms with Crippen LogP contribution in [0, 0.1) is 5.82 Å². The van der Waals surface area contributed by atoms with Crippen LogP contribution in [0.25, 0.3) is 11.1 Å². The standard InChI is InChI=1S/C20H17FN2O5S2/c1-13-19-12-14(21)6-11-17(19)18-4-2-3-5-20(18)23(13)29(24,25)16-9-7-15(8-10-16)28-30(22,26)27/h2-13H,1H3,(H2,22,26,27)/t13-/m1/s1. The molecule has 1 aliphatic rings. The summed E-state index contributed by atoms with van der Waals surface area (Å²) in [4.78, 5) is -0.0780. The molecule has 0 aromatic heterocycles. The minimum absolute atomic E-state index is 0.0780. The second-order valence-corrected chi connectivity index (χ2v) is 9.74. The van der Waals surface area contributed by atoms with Crippen LogP contribution in [0.2, 0.25) is 0 Å². The summed E-state index contributed by atoms with van der Waals surface area (Å²) in [6, 6.07) is 15.5. The van der Waals surface area contributed by atoms with E-state index in [9.17, 15) is 21.2 Å². The van der Waals surface area contributed by atoms with Crippen LogP contribution in [0.15, 0.2) is 71.6 Å². The van der Waals surface area contributed by atoms with Crippen molar-refractivity contribution < 1.29 is 25.4 Å². The van der Waals surface area contributed by atoms with Gasteiger partial charge in [0.15, 0.2) is 0 Å². The zero-order valence-corrected chi connectivity index (χ0v) is 17.3. The predicted octanol–water partition coefficient (Wildman–Crippen LogP) is 3.34. The Morgan fingerprint density at radius 1 is 0.933 bits per heavy atom. The van der Waals surface area contributed by atoms with Crippen LogP contribution < -0.4 is 13.6 Å². The van der Waals surface area contributed by atoms with Gasteiger partial charge >= 0.3 is 10.3 Å². The van der Waals surface area contributed by atoms with Crippen molar-refractivity contribution in [2.45, 2.75) is 17.9 Å². The van der Waals surface area contributed by atoms with Gasteiger partial charge in [0.05, 0.1) is 16.6 Å². The molecule has 0 fully saturated rings. The number of rotatable bonds is 4. The molecule has 7 nitrogen and oxygen atoms in total. The van der Waals surface area contributed by atoms with Gasteiger partial charge in [-0.1, -0.05) is 24.3 Å². The molecule has 156 valence electrons. The SMILES string of the molecule is C[C@@H]1c2cc(F)ccc2-c2ccccc2N1S(=O)(=O)c1ccc(OS(N)(=O)=O)cc1. The van der Waals surface area contributed by atoms with E-state index in [-0.39, 0.29) is 10.6 Å². The maximum atomic E-state index is 13.9. The largest absolute Gasteiger partial charge is 0.380 e. The highest BCUT2D eigenvalue weighted by Crippen LogP contribution is 2.47. The summed E-state index contributed by atoms with van der Waals surface area (Å²) in [6.45, 7) is 1.68. The molecule has 4 rings (SSSR count). The maximum Gasteiger partial charge on any atom is 0.380 e. The highest BCUT2D eigenvalue weighted by molar-refractivity contribution is 7.92. The number of halogens is 1. The van der Waals surface area contributed by atoms with Gasteiger partial charge in [-0.05, 0) is 60.5 Å². The third kappa shape index (κ3) is 3.53. The van der Waals surface area contributed by atoms with Crippen molar-refractivity contribution in [3.63, 3.8) is 0 Å². The first-order valence-electron chi connectivity index (χ1n) is 8.83. The number of hydrogen-bond donors (Lipinski definition) is 1. The van der Waals surface area contributed by atoms with Gasteiger partial charge in [0.2, 0.25) is 0 Å². The van der Waals surface area contributed by atoms with E-state index in [0.717, 1.165) is 5.56 Å². The Hall–Kier alpha value is -2.95. The third-order valence-electron chi connectivity index (χ3n) is 4.84. The highest BCUT2D eigenvalue weighted by atomic mass is 32.2. The summed E-state index contributed by atoms with van der Waals surface area (Å²) in [5.41, 5.74) is 2.45. The number of anilines is 1. The molecule has 0 spiro atoms. The van der Waals surface area contributed by atoms with Crippen molar-refractivity contribution in [2.24, 2.45) is 5.14 Å². The lowest BCUT2D eigenvalue weighted by Crippen LogP contribution is -2.36. The monoisotopic (exact) mass is 448 g/mol. The third-order valence-corrected chi connectivity index (χ3v) is 7.16. The van der Waals surface area contributed by atoms with Crippen LogP contribution in [-0.2, 0) is 20.3 Å². The fourth-order valence-electron chi connectivity index (χ4n) is 3.61. The number of fused-ring (bicyclic) bond motifs is 3. The molecule has 0 unspecified atom stereocenters. The molecule has 2 N–H and O–H groups in total. The molecule has 1 atom stereocenters. The fraction of sp³-hybridized carbons (Fsp3) is 0.100. The first-order valence-corrected chi connectivity index (χ1v) is 11.7. The van der Waals surface area contributed by atoms with Crippen molar-refractivity contribution in [1.82, 2.24) is 0 Å². The van der Waals surface area contributed by atoms with Crippen LogP contribution in [0.5, 0.6) is 5.75 Å². The summed E-state index contributed by atoms with van der Waals surface area (Å²) in [5, 5.41) is 4.83. The van der Waals surface area contributed by atoms with Crippen LogP contribution in [-0.4, -0.2) is 16.8 Å². The van der Waals surface area contributed by atoms with E-state index >= 15 is 0 Å². The van der Waals surface area contributed by atoms with Gasteiger partial charge in [-0.2, -0.15) is 13.6 Å². The number of sulfonamides is 1. The lowest BCUT2D eigenvalue weighted by Gasteiger charge is -2.37. The molecule has 3 aromatic carbocycles. The van der Waals surface area contributed by atoms with Crippen molar-refractivity contribution in [3.8, 4) is 16.9 Å². The number of para-hydroxylation sites is 1. The van der Waals surface area contributed by atoms with E-state index < -0.39 is 32.2 Å². The number of nitrogens with two attached hydrogens (primary N) is 1. The Morgan fingerprint density at radius 3 is 2.27 bits per heavy atom. The maximum absolute atomic E-state index is 13.9. The smallest absolute Gasteiger partial charge is 0.371 e. The molecule has 0 bridgehead atoms. The van der Waals surface area contributed by atoms with Gasteiger partial charge in [-0.15, -0.1) is 0 Å². The van der Waals surface area contributed by atoms with E-state index in [2.05, 4.69) is 4.18 Å². The zero-order chi connectivity index (χ0) is 21.7. The van der Waals surface area contributed by atoms with Crippen LogP contribution in [0.4, 0.5) is 10.1 Å². The summed E-state index contributed by atoms with van der Waals surface area (Å²) >= 11 is 0. The van der Waals surface area contributed by atoms with Crippen molar-refractivity contribution in [2.75, 3.05) is 4.31 Å². The van der Waals surface area contributed by atoms with E-state index in [1.54, 1.807) is 37.3 Å². The summed E-state index contributed by atoms with van der Waals surface area (Å²) < 4.78 is 68.8. The number of hydrogen-bond acceptors (Lipinski definition) is 5. The molecule has 30 heavy (non-hydrogen) atoms. The first-order chi connectivity index (χ1) is 14.1. The molecule has 0 radical (unpaired) electrons. The fourth-order valence-corrected chi connectivity index (χ4v) is 5.64. The van der Waals surface area contributed by atoms with Crippen molar-refractivity contribution >= 4 is 26.0 Å². The second-order valence-electron chi connectivity index (χ2n) is 6.77. The Morgan fingerprint density at radius 2 is 1.60 bits per heavy atom. The van der Waals surface area contributed by atoms with E-state index in [1.807, 2.05) is 0 Å². The van der Waals surface area contributed by atoms with Crippen LogP contribution >= 0.6 is 0 Å². The van der Waals surface area contributed by atoms with Gasteiger partial charge in [0.1, 0.15) is 11.6 Å². The molecular formula is C20H17FN2O5S2. The Balaban J connectivity index is 1.83. The molecule has 0 saturated heterocycles. The second kappa shape index (κ2) is 7.08. The van der Waals surface area contributed by atoms with Gasteiger partial charge in [0, 0.05) is 5.56 Å². The summed E-state index contributed by atoms with van der Waals surface area (Å²) in [7, 11) is -8.29. The van der Waals surface area contributed by atoms with E-state index in [0.29, 0.717) is 16.8 Å². The molecule has 0 aliphatic carbocycles. The Bertz CT molecular complexity index is 1340. The van der Waals surface area contributed by atoms with Gasteiger partial charge in [-0.3, -0.25) is 4.31 Å². The zero-order valence-electron chi connectivity index (χ0n) is 15.7. The highest BCUT2D eigenvalue weighted by Gasteiger charge is 2.36. The Kier molecular flexibility index (Phi) is 4.80. The number of nitrogens with zero attached hydrogens (tertiary/aromatic N) is 1. The Labute approximate surface area is 173 Å². The van der Waals surface area contributed by atoms with Crippen LogP contribution in [0.3, 0.4) is 0 Å². The molecule has 1 heterocycles. The molecule has 0 amide bonds. The van der Waals surface area contributed by atoms with Crippen LogP contribution in [0.1, 0.15) is 18.5 Å². The lowest BCUT2D eigenvalue weighted by atomic mass is 9.90. The quantitative estimate of drug-likeness (QED) is 0.659. The van der Waals surface area contributed by atoms with Crippen molar-refractivity contribution in [1.29, 1.82) is 0 Å². The molecule has 10 heteroatoms. The number of benzene rings is 3. The minimum atomic E-state index is -4.23. The van der Waals surface area contributed by atoms with E-state index in [1.165, 1.54) is 40.7 Å². The molecular weight excluding hydrogens is 431 g/mol. The average molecular weight is 448 g/mol. The summed E-state index contributed by atoms with van der Waals surface area (Å²) in [6.07, 6.45) is 0. The lowest BCUT2D eigenvalue weighted by molar-refractivity contribution is 0.487. The minimum Gasteiger partial charge on any atom is -0.371 e. The molecule has 3 aromatic rings. The van der Waals surface area contributed by atoms with Crippen molar-refractivity contribution in [3.05, 3.63) is 78.1 Å². The predicted molar refractivity (Wildman–Crippen MR) is 110 cm³/mol. The topological polar surface area (TPSA) is 107 Å². The first kappa shape index (κ1) is 20.3. The molecule has 0 saturated carbocycles. The average Bonchev–Trinajstić information content (AvgIpc) is 2.67. The van der Waals surface area contributed by atoms with E-state index in [4.69, 9.17) is 5.14 Å². The van der Waals surface area contributed by atoms with Gasteiger partial charge in [0.25, 0.3) is 10.0 Å².